The zero-order chi connectivity index (χ0) is 25.8. The van der Waals surface area contributed by atoms with Crippen LogP contribution in [-0.2, 0) is 0 Å². The van der Waals surface area contributed by atoms with Crippen molar-refractivity contribution in [2.75, 3.05) is 0 Å². The molecule has 3 heterocycles. The first-order valence-electron chi connectivity index (χ1n) is 15.6. The van der Waals surface area contributed by atoms with Gasteiger partial charge in [-0.15, -0.1) is 0 Å². The smallest absolute Gasteiger partial charge is 0.360 e. The number of carboxylic acid groups (broad SMARTS) is 1. The summed E-state index contributed by atoms with van der Waals surface area (Å²) in [6.45, 7) is 0. The minimum absolute atomic E-state index is 0.0406. The van der Waals surface area contributed by atoms with Crippen LogP contribution in [0.1, 0.15) is 113 Å². The van der Waals surface area contributed by atoms with Gasteiger partial charge in [0.2, 0.25) is 5.69 Å². The average molecular weight is 518 g/mol. The number of benzene rings is 1. The van der Waals surface area contributed by atoms with Gasteiger partial charge >= 0.3 is 5.97 Å². The average Bonchev–Trinajstić information content (AvgIpc) is 2.92. The third-order valence-corrected chi connectivity index (χ3v) is 11.3. The maximum absolute atomic E-state index is 13.4. The second-order valence-electron chi connectivity index (χ2n) is 13.5. The first-order valence-corrected chi connectivity index (χ1v) is 15.6. The van der Waals surface area contributed by atoms with Crippen LogP contribution >= 0.6 is 0 Å². The zero-order valence-corrected chi connectivity index (χ0v) is 22.6. The Kier molecular flexibility index (Phi) is 6.58. The van der Waals surface area contributed by atoms with Gasteiger partial charge in [0.25, 0.3) is 5.56 Å². The van der Waals surface area contributed by atoms with E-state index in [1.165, 1.54) is 83.5 Å². The number of nitrogens with zero attached hydrogens (tertiary/aromatic N) is 3. The number of carboxylic acids is 1. The molecule has 0 unspecified atom stereocenters. The highest BCUT2D eigenvalue weighted by molar-refractivity contribution is 5.88. The standard InChI is InChI=1S/C32H43N3O3/c36-31-30(32(37)38)33-28-11-4-5-12-29(28)35(31)27-18-24-9-6-10-25(19-27)34(24)26-16-20-13-21(17-26)15-23(14-20)22-7-2-1-3-8-22/h4-5,11-12,20-27H,1-3,6-10,13-19H2,(H,37,38)/t20-,21+,23+,24-,25+,26-,27+. The molecule has 2 saturated heterocycles. The van der Waals surface area contributed by atoms with Gasteiger partial charge in [0, 0.05) is 24.2 Å². The van der Waals surface area contributed by atoms with E-state index in [2.05, 4.69) is 9.88 Å². The van der Waals surface area contributed by atoms with Crippen molar-refractivity contribution in [3.05, 3.63) is 40.3 Å². The number of hydrogen-bond acceptors (Lipinski definition) is 4. The fraction of sp³-hybridized carbons (Fsp3) is 0.719. The first-order chi connectivity index (χ1) is 18.5. The van der Waals surface area contributed by atoms with Crippen LogP contribution in [0.15, 0.2) is 29.1 Å². The van der Waals surface area contributed by atoms with Gasteiger partial charge < -0.3 is 9.67 Å². The van der Waals surface area contributed by atoms with Crippen LogP contribution in [0.2, 0.25) is 0 Å². The molecule has 6 nitrogen and oxygen atoms in total. The molecule has 3 aliphatic carbocycles. The molecule has 0 radical (unpaired) electrons. The molecule has 7 atom stereocenters. The Hall–Kier alpha value is -2.21. The molecule has 1 N–H and O–H groups in total. The summed E-state index contributed by atoms with van der Waals surface area (Å²) in [5.74, 6) is 2.57. The van der Waals surface area contributed by atoms with E-state index < -0.39 is 11.5 Å². The van der Waals surface area contributed by atoms with E-state index in [1.54, 1.807) is 4.57 Å². The minimum atomic E-state index is -1.23. The summed E-state index contributed by atoms with van der Waals surface area (Å²) in [6, 6.07) is 9.29. The third-order valence-electron chi connectivity index (χ3n) is 11.3. The molecule has 0 spiro atoms. The molecule has 4 bridgehead atoms. The van der Waals surface area contributed by atoms with Crippen molar-refractivity contribution in [2.45, 2.75) is 120 Å². The van der Waals surface area contributed by atoms with E-state index in [-0.39, 0.29) is 11.7 Å². The van der Waals surface area contributed by atoms with Crippen molar-refractivity contribution >= 4 is 17.0 Å². The third kappa shape index (κ3) is 4.41. The number of hydrogen-bond donors (Lipinski definition) is 1. The highest BCUT2D eigenvalue weighted by Crippen LogP contribution is 2.51. The maximum atomic E-state index is 13.4. The van der Waals surface area contributed by atoms with Gasteiger partial charge in [0.15, 0.2) is 0 Å². The quantitative estimate of drug-likeness (QED) is 0.506. The molecule has 5 aliphatic rings. The van der Waals surface area contributed by atoms with Gasteiger partial charge in [-0.3, -0.25) is 9.69 Å². The summed E-state index contributed by atoms with van der Waals surface area (Å²) in [4.78, 5) is 32.5. The monoisotopic (exact) mass is 517 g/mol. The van der Waals surface area contributed by atoms with E-state index in [9.17, 15) is 14.7 Å². The summed E-state index contributed by atoms with van der Waals surface area (Å²) >= 11 is 0. The van der Waals surface area contributed by atoms with Crippen LogP contribution in [0, 0.1) is 23.7 Å². The maximum Gasteiger partial charge on any atom is 0.360 e. The van der Waals surface area contributed by atoms with E-state index in [4.69, 9.17) is 0 Å². The molecule has 7 rings (SSSR count). The molecule has 0 amide bonds. The SMILES string of the molecule is O=C(O)c1nc2ccccc2n([C@H]2C[C@H]3CCC[C@@H](C2)N3[C@@H]2C[C@@H]3C[C@@H](C[C@@H](C4CCCCC4)C3)C2)c1=O. The minimum Gasteiger partial charge on any atom is -0.476 e. The molecule has 6 heteroatoms. The number of para-hydroxylation sites is 2. The van der Waals surface area contributed by atoms with E-state index >= 15 is 0 Å². The van der Waals surface area contributed by atoms with Gasteiger partial charge in [0.05, 0.1) is 11.0 Å². The van der Waals surface area contributed by atoms with Crippen molar-refractivity contribution in [3.8, 4) is 0 Å². The zero-order valence-electron chi connectivity index (χ0n) is 22.6. The summed E-state index contributed by atoms with van der Waals surface area (Å²) in [7, 11) is 0. The second-order valence-corrected chi connectivity index (χ2v) is 13.5. The lowest BCUT2D eigenvalue weighted by Crippen LogP contribution is -2.59. The number of piperidine rings is 2. The molecule has 2 aliphatic heterocycles. The van der Waals surface area contributed by atoms with Gasteiger partial charge in [-0.25, -0.2) is 9.78 Å². The Balaban J connectivity index is 1.12. The normalized spacial score (nSPS) is 36.3. The Morgan fingerprint density at radius 3 is 2.11 bits per heavy atom. The van der Waals surface area contributed by atoms with Crippen molar-refractivity contribution in [2.24, 2.45) is 23.7 Å². The van der Waals surface area contributed by atoms with E-state index in [0.717, 1.165) is 42.0 Å². The van der Waals surface area contributed by atoms with Gasteiger partial charge in [-0.1, -0.05) is 50.7 Å². The highest BCUT2D eigenvalue weighted by atomic mass is 16.4. The number of rotatable bonds is 4. The molecule has 1 aromatic heterocycles. The van der Waals surface area contributed by atoms with E-state index in [1.807, 2.05) is 24.3 Å². The van der Waals surface area contributed by atoms with Crippen molar-refractivity contribution in [1.82, 2.24) is 14.5 Å². The van der Waals surface area contributed by atoms with Crippen LogP contribution in [-0.4, -0.2) is 43.7 Å². The molecular weight excluding hydrogens is 474 g/mol. The van der Waals surface area contributed by atoms with Crippen LogP contribution < -0.4 is 5.56 Å². The number of aromatic nitrogens is 2. The van der Waals surface area contributed by atoms with E-state index in [0.29, 0.717) is 23.6 Å². The molecule has 204 valence electrons. The number of aromatic carboxylic acids is 1. The van der Waals surface area contributed by atoms with Gasteiger partial charge in [-0.2, -0.15) is 0 Å². The lowest BCUT2D eigenvalue weighted by Gasteiger charge is -2.56. The molecular formula is C32H43N3O3. The Morgan fingerprint density at radius 1 is 0.737 bits per heavy atom. The lowest BCUT2D eigenvalue weighted by molar-refractivity contribution is -0.0571. The lowest BCUT2D eigenvalue weighted by atomic mass is 9.61. The Bertz CT molecular complexity index is 1220. The molecule has 38 heavy (non-hydrogen) atoms. The van der Waals surface area contributed by atoms with Crippen LogP contribution in [0.3, 0.4) is 0 Å². The van der Waals surface area contributed by atoms with Crippen LogP contribution in [0.4, 0.5) is 0 Å². The highest BCUT2D eigenvalue weighted by Gasteiger charge is 2.47. The van der Waals surface area contributed by atoms with Crippen molar-refractivity contribution in [1.29, 1.82) is 0 Å². The topological polar surface area (TPSA) is 75.4 Å². The van der Waals surface area contributed by atoms with Crippen molar-refractivity contribution in [3.63, 3.8) is 0 Å². The second kappa shape index (κ2) is 10.1. The van der Waals surface area contributed by atoms with Crippen LogP contribution in [0.25, 0.3) is 11.0 Å². The fourth-order valence-corrected chi connectivity index (χ4v) is 9.95. The van der Waals surface area contributed by atoms with Gasteiger partial charge in [0.1, 0.15) is 0 Å². The summed E-state index contributed by atoms with van der Waals surface area (Å²) in [6.07, 6.45) is 20.1. The first kappa shape index (κ1) is 24.8. The Labute approximate surface area is 225 Å². The predicted octanol–water partition coefficient (Wildman–Crippen LogP) is 6.43. The van der Waals surface area contributed by atoms with Crippen LogP contribution in [0.5, 0.6) is 0 Å². The largest absolute Gasteiger partial charge is 0.476 e. The number of fused-ring (bicyclic) bond motifs is 5. The molecule has 5 fully saturated rings. The molecule has 1 aromatic carbocycles. The summed E-state index contributed by atoms with van der Waals surface area (Å²) < 4.78 is 1.80. The Morgan fingerprint density at radius 2 is 1.42 bits per heavy atom. The summed E-state index contributed by atoms with van der Waals surface area (Å²) in [5, 5.41) is 9.72. The molecule has 3 saturated carbocycles. The summed E-state index contributed by atoms with van der Waals surface area (Å²) in [5.41, 5.74) is 0.599. The number of carbonyl (C=O) groups is 1. The predicted molar refractivity (Wildman–Crippen MR) is 148 cm³/mol. The fourth-order valence-electron chi connectivity index (χ4n) is 9.95. The van der Waals surface area contributed by atoms with Gasteiger partial charge in [-0.05, 0) is 93.6 Å². The molecule has 2 aromatic rings. The van der Waals surface area contributed by atoms with Crippen molar-refractivity contribution < 1.29 is 9.90 Å².